The van der Waals surface area contributed by atoms with E-state index in [-0.39, 0.29) is 11.7 Å². The third kappa shape index (κ3) is 5.27. The van der Waals surface area contributed by atoms with Crippen molar-refractivity contribution in [2.45, 2.75) is 26.7 Å². The number of nitrogens with zero attached hydrogens (tertiary/aromatic N) is 2. The lowest BCUT2D eigenvalue weighted by atomic mass is 10.1. The van der Waals surface area contributed by atoms with Gasteiger partial charge in [0.15, 0.2) is 17.3 Å². The Balaban J connectivity index is 1.82. The smallest absolute Gasteiger partial charge is 0.224 e. The van der Waals surface area contributed by atoms with Crippen LogP contribution in [-0.4, -0.2) is 35.6 Å². The van der Waals surface area contributed by atoms with Crippen molar-refractivity contribution in [1.29, 1.82) is 0 Å². The molecule has 1 N–H and O–H groups in total. The van der Waals surface area contributed by atoms with Crippen molar-refractivity contribution in [3.63, 3.8) is 0 Å². The van der Waals surface area contributed by atoms with Crippen LogP contribution in [0.3, 0.4) is 0 Å². The number of carbonyl (C=O) groups excluding carboxylic acids is 2. The molecule has 0 saturated heterocycles. The fraction of sp³-hybridized carbons (Fsp3) is 0.333. The van der Waals surface area contributed by atoms with E-state index in [1.54, 1.807) is 31.2 Å². The summed E-state index contributed by atoms with van der Waals surface area (Å²) in [5.41, 5.74) is 1.88. The quantitative estimate of drug-likeness (QED) is 0.585. The van der Waals surface area contributed by atoms with E-state index < -0.39 is 0 Å². The van der Waals surface area contributed by atoms with E-state index in [1.165, 1.54) is 20.2 Å². The van der Waals surface area contributed by atoms with Gasteiger partial charge in [0.05, 0.1) is 31.3 Å². The highest BCUT2D eigenvalue weighted by Crippen LogP contribution is 2.28. The number of nitrogens with one attached hydrogen (secondary N) is 1. The summed E-state index contributed by atoms with van der Waals surface area (Å²) >= 11 is 0. The van der Waals surface area contributed by atoms with Crippen molar-refractivity contribution in [3.05, 3.63) is 41.7 Å². The zero-order chi connectivity index (χ0) is 18.2. The molecule has 0 atom stereocenters. The fourth-order valence-electron chi connectivity index (χ4n) is 2.17. The van der Waals surface area contributed by atoms with Crippen molar-refractivity contribution in [2.75, 3.05) is 19.0 Å². The number of methoxy groups -OCH3 is 1. The molecular formula is C18H21N3O4. The SMILES string of the molecule is COc1cc(C(C)=O)ccc1OCCCC(=O)Nc1ccnnc1C. The van der Waals surface area contributed by atoms with Gasteiger partial charge in [0.1, 0.15) is 0 Å². The minimum Gasteiger partial charge on any atom is -0.493 e. The predicted molar refractivity (Wildman–Crippen MR) is 93.1 cm³/mol. The summed E-state index contributed by atoms with van der Waals surface area (Å²) in [5, 5.41) is 10.4. The Kier molecular flexibility index (Phi) is 6.45. The highest BCUT2D eigenvalue weighted by atomic mass is 16.5. The number of carbonyl (C=O) groups is 2. The summed E-state index contributed by atoms with van der Waals surface area (Å²) in [4.78, 5) is 23.3. The van der Waals surface area contributed by atoms with E-state index in [1.807, 2.05) is 0 Å². The zero-order valence-electron chi connectivity index (χ0n) is 14.5. The number of ketones is 1. The standard InChI is InChI=1S/C18H21N3O4/c1-12-15(8-9-19-21-12)20-18(23)5-4-10-25-16-7-6-14(13(2)22)11-17(16)24-3/h6-9,11H,4-5,10H2,1-3H3,(H,19,20,23). The van der Waals surface area contributed by atoms with Crippen molar-refractivity contribution in [3.8, 4) is 11.5 Å². The third-order valence-electron chi connectivity index (χ3n) is 3.56. The topological polar surface area (TPSA) is 90.4 Å². The number of benzene rings is 1. The molecule has 0 saturated carbocycles. The summed E-state index contributed by atoms with van der Waals surface area (Å²) < 4.78 is 10.9. The Morgan fingerprint density at radius 3 is 2.68 bits per heavy atom. The first-order chi connectivity index (χ1) is 12.0. The molecule has 7 heteroatoms. The van der Waals surface area contributed by atoms with Gasteiger partial charge in [0.25, 0.3) is 0 Å². The molecule has 0 fully saturated rings. The molecule has 1 aromatic carbocycles. The summed E-state index contributed by atoms with van der Waals surface area (Å²) in [6, 6.07) is 6.73. The Morgan fingerprint density at radius 2 is 2.00 bits per heavy atom. The van der Waals surface area contributed by atoms with Gasteiger partial charge in [-0.15, -0.1) is 0 Å². The molecule has 1 aromatic heterocycles. The van der Waals surface area contributed by atoms with Crippen molar-refractivity contribution < 1.29 is 19.1 Å². The number of anilines is 1. The van der Waals surface area contributed by atoms with Crippen LogP contribution in [0.15, 0.2) is 30.5 Å². The summed E-state index contributed by atoms with van der Waals surface area (Å²) in [7, 11) is 1.52. The lowest BCUT2D eigenvalue weighted by molar-refractivity contribution is -0.116. The second-order valence-electron chi connectivity index (χ2n) is 5.45. The Bertz CT molecular complexity index is 762. The molecule has 0 radical (unpaired) electrons. The van der Waals surface area contributed by atoms with Crippen LogP contribution in [-0.2, 0) is 4.79 Å². The minimum absolute atomic E-state index is 0.0394. The highest BCUT2D eigenvalue weighted by molar-refractivity contribution is 5.94. The second-order valence-corrected chi connectivity index (χ2v) is 5.45. The average Bonchev–Trinajstić information content (AvgIpc) is 2.60. The van der Waals surface area contributed by atoms with Crippen LogP contribution in [0.25, 0.3) is 0 Å². The maximum absolute atomic E-state index is 11.9. The molecule has 2 rings (SSSR count). The van der Waals surface area contributed by atoms with Crippen LogP contribution >= 0.6 is 0 Å². The monoisotopic (exact) mass is 343 g/mol. The largest absolute Gasteiger partial charge is 0.493 e. The van der Waals surface area contributed by atoms with Gasteiger partial charge in [-0.3, -0.25) is 9.59 Å². The molecule has 0 aliphatic carbocycles. The Labute approximate surface area is 146 Å². The van der Waals surface area contributed by atoms with E-state index in [0.29, 0.717) is 47.9 Å². The molecule has 1 heterocycles. The second kappa shape index (κ2) is 8.77. The van der Waals surface area contributed by atoms with Crippen LogP contribution in [0.4, 0.5) is 5.69 Å². The fourth-order valence-corrected chi connectivity index (χ4v) is 2.17. The van der Waals surface area contributed by atoms with Gasteiger partial charge in [-0.1, -0.05) is 0 Å². The summed E-state index contributed by atoms with van der Waals surface area (Å²) in [6.07, 6.45) is 2.39. The molecule has 7 nitrogen and oxygen atoms in total. The maximum atomic E-state index is 11.9. The van der Waals surface area contributed by atoms with E-state index >= 15 is 0 Å². The number of aryl methyl sites for hydroxylation is 1. The van der Waals surface area contributed by atoms with Crippen LogP contribution in [0.1, 0.15) is 35.8 Å². The molecule has 25 heavy (non-hydrogen) atoms. The van der Waals surface area contributed by atoms with Crippen LogP contribution in [0.2, 0.25) is 0 Å². The highest BCUT2D eigenvalue weighted by Gasteiger charge is 2.09. The number of ether oxygens (including phenoxy) is 2. The van der Waals surface area contributed by atoms with Crippen molar-refractivity contribution >= 4 is 17.4 Å². The predicted octanol–water partition coefficient (Wildman–Crippen LogP) is 2.79. The van der Waals surface area contributed by atoms with Crippen molar-refractivity contribution in [1.82, 2.24) is 10.2 Å². The first-order valence-corrected chi connectivity index (χ1v) is 7.91. The van der Waals surface area contributed by atoms with Gasteiger partial charge >= 0.3 is 0 Å². The number of hydrogen-bond donors (Lipinski definition) is 1. The number of aromatic nitrogens is 2. The Morgan fingerprint density at radius 1 is 1.20 bits per heavy atom. The molecule has 1 amide bonds. The van der Waals surface area contributed by atoms with Crippen molar-refractivity contribution in [2.24, 2.45) is 0 Å². The number of Topliss-reactive ketones (excluding diaryl/α,β-unsaturated/α-hetero) is 1. The molecule has 0 spiro atoms. The first kappa shape index (κ1) is 18.4. The van der Waals surface area contributed by atoms with E-state index in [9.17, 15) is 9.59 Å². The number of amides is 1. The molecular weight excluding hydrogens is 322 g/mol. The first-order valence-electron chi connectivity index (χ1n) is 7.91. The van der Waals surface area contributed by atoms with Gasteiger partial charge in [0.2, 0.25) is 5.91 Å². The minimum atomic E-state index is -0.112. The molecule has 0 aliphatic heterocycles. The van der Waals surface area contributed by atoms with Gasteiger partial charge in [-0.2, -0.15) is 10.2 Å². The Hall–Kier alpha value is -2.96. The van der Waals surface area contributed by atoms with Crippen LogP contribution in [0, 0.1) is 6.92 Å². The summed E-state index contributed by atoms with van der Waals surface area (Å²) in [6.45, 7) is 3.63. The molecule has 132 valence electrons. The van der Waals surface area contributed by atoms with Crippen LogP contribution in [0.5, 0.6) is 11.5 Å². The van der Waals surface area contributed by atoms with Gasteiger partial charge in [0, 0.05) is 12.0 Å². The average molecular weight is 343 g/mol. The number of hydrogen-bond acceptors (Lipinski definition) is 6. The van der Waals surface area contributed by atoms with E-state index in [2.05, 4.69) is 15.5 Å². The van der Waals surface area contributed by atoms with Gasteiger partial charge in [-0.25, -0.2) is 0 Å². The third-order valence-corrected chi connectivity index (χ3v) is 3.56. The van der Waals surface area contributed by atoms with Gasteiger partial charge in [-0.05, 0) is 44.5 Å². The van der Waals surface area contributed by atoms with E-state index in [4.69, 9.17) is 9.47 Å². The molecule has 2 aromatic rings. The zero-order valence-corrected chi connectivity index (χ0v) is 14.5. The molecule has 0 unspecified atom stereocenters. The van der Waals surface area contributed by atoms with Crippen LogP contribution < -0.4 is 14.8 Å². The lowest BCUT2D eigenvalue weighted by Gasteiger charge is -2.11. The lowest BCUT2D eigenvalue weighted by Crippen LogP contribution is -2.14. The normalized spacial score (nSPS) is 10.2. The van der Waals surface area contributed by atoms with Gasteiger partial charge < -0.3 is 14.8 Å². The van der Waals surface area contributed by atoms with E-state index in [0.717, 1.165) is 0 Å². The molecule has 0 bridgehead atoms. The molecule has 0 aliphatic rings. The maximum Gasteiger partial charge on any atom is 0.224 e. The summed E-state index contributed by atoms with van der Waals surface area (Å²) in [5.74, 6) is 0.888. The number of rotatable bonds is 8.